The Balaban J connectivity index is 1.39. The van der Waals surface area contributed by atoms with E-state index in [1.54, 1.807) is 61.2 Å². The van der Waals surface area contributed by atoms with Crippen LogP contribution < -0.4 is 10.2 Å². The molecule has 0 saturated carbocycles. The smallest absolute Gasteiger partial charge is 0.452 e. The van der Waals surface area contributed by atoms with Crippen LogP contribution in [-0.4, -0.2) is 59.0 Å². The molecule has 218 valence electrons. The van der Waals surface area contributed by atoms with Crippen molar-refractivity contribution < 1.29 is 37.1 Å². The van der Waals surface area contributed by atoms with Crippen LogP contribution in [0, 0.1) is 5.41 Å². The number of carbonyl (C=O) groups excluding carboxylic acids is 2. The molecule has 9 nitrogen and oxygen atoms in total. The highest BCUT2D eigenvalue weighted by Crippen LogP contribution is 2.36. The van der Waals surface area contributed by atoms with Crippen LogP contribution in [-0.2, 0) is 15.8 Å². The van der Waals surface area contributed by atoms with Gasteiger partial charge in [-0.2, -0.15) is 13.2 Å². The number of rotatable bonds is 9. The average molecular weight is 573 g/mol. The van der Waals surface area contributed by atoms with Gasteiger partial charge in [-0.15, -0.1) is 0 Å². The Kier molecular flexibility index (Phi) is 8.69. The number of aliphatic carboxylic acids is 1. The van der Waals surface area contributed by atoms with E-state index < -0.39 is 34.9 Å². The van der Waals surface area contributed by atoms with Crippen molar-refractivity contribution in [1.29, 1.82) is 0 Å². The lowest BCUT2D eigenvalue weighted by Crippen LogP contribution is -2.50. The molecule has 0 aliphatic carbocycles. The summed E-state index contributed by atoms with van der Waals surface area (Å²) < 4.78 is 45.7. The molecule has 3 aromatic rings. The highest BCUT2D eigenvalue weighted by atomic mass is 19.4. The first-order valence-electron chi connectivity index (χ1n) is 13.3. The van der Waals surface area contributed by atoms with Crippen LogP contribution >= 0.6 is 0 Å². The number of alkyl halides is 3. The maximum atomic E-state index is 13.6. The molecule has 0 spiro atoms. The van der Waals surface area contributed by atoms with E-state index in [0.29, 0.717) is 44.6 Å². The lowest BCUT2D eigenvalue weighted by atomic mass is 9.79. The second-order valence-electron chi connectivity index (χ2n) is 9.90. The number of piperazine rings is 1. The minimum absolute atomic E-state index is 0.0435. The fourth-order valence-corrected chi connectivity index (χ4v) is 4.81. The third-order valence-corrected chi connectivity index (χ3v) is 7.54. The molecule has 0 atom stereocenters. The number of aromatic nitrogens is 1. The summed E-state index contributed by atoms with van der Waals surface area (Å²) in [5.74, 6) is -3.99. The zero-order valence-corrected chi connectivity index (χ0v) is 22.7. The fraction of sp³-hybridized carbons (Fsp3) is 0.379. The minimum Gasteiger partial charge on any atom is -0.481 e. The van der Waals surface area contributed by atoms with Crippen molar-refractivity contribution in [2.24, 2.45) is 5.41 Å². The number of nitrogens with zero attached hydrogens (tertiary/aromatic N) is 3. The molecule has 0 bridgehead atoms. The molecule has 1 fully saturated rings. The van der Waals surface area contributed by atoms with Gasteiger partial charge in [-0.3, -0.25) is 14.4 Å². The number of anilines is 2. The Morgan fingerprint density at radius 3 is 2.10 bits per heavy atom. The van der Waals surface area contributed by atoms with E-state index in [2.05, 4.69) is 10.3 Å². The molecule has 0 unspecified atom stereocenters. The Bertz CT molecular complexity index is 1380. The van der Waals surface area contributed by atoms with Gasteiger partial charge in [-0.1, -0.05) is 32.0 Å². The highest BCUT2D eigenvalue weighted by Gasteiger charge is 2.42. The van der Waals surface area contributed by atoms with Crippen molar-refractivity contribution in [2.45, 2.75) is 39.3 Å². The van der Waals surface area contributed by atoms with Crippen LogP contribution in [0.2, 0.25) is 0 Å². The van der Waals surface area contributed by atoms with Crippen molar-refractivity contribution in [3.63, 3.8) is 0 Å². The van der Waals surface area contributed by atoms with Crippen LogP contribution in [0.5, 0.6) is 0 Å². The van der Waals surface area contributed by atoms with Gasteiger partial charge in [-0.05, 0) is 49.2 Å². The van der Waals surface area contributed by atoms with Crippen LogP contribution in [0.25, 0.3) is 11.5 Å². The predicted molar refractivity (Wildman–Crippen MR) is 145 cm³/mol. The van der Waals surface area contributed by atoms with Gasteiger partial charge in [0.2, 0.25) is 17.6 Å². The Morgan fingerprint density at radius 2 is 1.56 bits per heavy atom. The third-order valence-electron chi connectivity index (χ3n) is 7.54. The fourth-order valence-electron chi connectivity index (χ4n) is 4.81. The number of hydrogen-bond acceptors (Lipinski definition) is 6. The second kappa shape index (κ2) is 12.0. The van der Waals surface area contributed by atoms with E-state index in [4.69, 9.17) is 4.42 Å². The number of carbonyl (C=O) groups is 3. The molecule has 2 aromatic carbocycles. The second-order valence-corrected chi connectivity index (χ2v) is 9.90. The summed E-state index contributed by atoms with van der Waals surface area (Å²) in [6.45, 7) is 5.45. The molecule has 2 N–H and O–H groups in total. The molecule has 12 heteroatoms. The van der Waals surface area contributed by atoms with Gasteiger partial charge in [-0.25, -0.2) is 4.98 Å². The van der Waals surface area contributed by atoms with E-state index in [9.17, 15) is 32.7 Å². The number of carboxylic acid groups (broad SMARTS) is 1. The normalized spacial score (nSPS) is 14.2. The molecular weight excluding hydrogens is 541 g/mol. The summed E-state index contributed by atoms with van der Waals surface area (Å²) in [4.78, 5) is 44.9. The number of hydrogen-bond donors (Lipinski definition) is 2. The Hall–Kier alpha value is -4.35. The van der Waals surface area contributed by atoms with E-state index in [1.165, 1.54) is 12.1 Å². The molecule has 1 saturated heterocycles. The van der Waals surface area contributed by atoms with Crippen LogP contribution in [0.15, 0.2) is 59.0 Å². The summed E-state index contributed by atoms with van der Waals surface area (Å²) in [5, 5.41) is 12.1. The number of halogens is 3. The molecule has 1 aliphatic rings. The predicted octanol–water partition coefficient (Wildman–Crippen LogP) is 5.54. The van der Waals surface area contributed by atoms with Crippen molar-refractivity contribution in [3.05, 3.63) is 66.1 Å². The summed E-state index contributed by atoms with van der Waals surface area (Å²) in [6.07, 6.45) is -4.22. The van der Waals surface area contributed by atoms with Gasteiger partial charge in [0.1, 0.15) is 0 Å². The molecule has 4 rings (SSSR count). The molecule has 1 aromatic heterocycles. The van der Waals surface area contributed by atoms with Gasteiger partial charge in [0.15, 0.2) is 5.69 Å². The van der Waals surface area contributed by atoms with Crippen LogP contribution in [0.4, 0.5) is 24.5 Å². The Labute approximate surface area is 235 Å². The molecule has 2 amide bonds. The number of oxazole rings is 1. The van der Waals surface area contributed by atoms with Gasteiger partial charge in [0.05, 0.1) is 5.41 Å². The van der Waals surface area contributed by atoms with Crippen LogP contribution in [0.3, 0.4) is 0 Å². The first-order valence-corrected chi connectivity index (χ1v) is 13.3. The lowest BCUT2D eigenvalue weighted by molar-refractivity contribution is -0.154. The molecule has 41 heavy (non-hydrogen) atoms. The zero-order chi connectivity index (χ0) is 29.8. The SMILES string of the molecule is CCC(CC)(CC(=O)N1CCN(c2ccc(NC(=O)c3nc(-c4ccccc4)oc3C(F)(F)F)cc2)CC1)C(=O)O. The van der Waals surface area contributed by atoms with Crippen molar-refractivity contribution in [3.8, 4) is 11.5 Å². The third kappa shape index (κ3) is 6.53. The molecule has 2 heterocycles. The maximum Gasteiger partial charge on any atom is 0.452 e. The average Bonchev–Trinajstić information content (AvgIpc) is 3.44. The van der Waals surface area contributed by atoms with E-state index in [-0.39, 0.29) is 23.9 Å². The van der Waals surface area contributed by atoms with Gasteiger partial charge >= 0.3 is 12.1 Å². The van der Waals surface area contributed by atoms with Crippen LogP contribution in [0.1, 0.15) is 49.4 Å². The summed E-state index contributed by atoms with van der Waals surface area (Å²) >= 11 is 0. The monoisotopic (exact) mass is 572 g/mol. The first-order chi connectivity index (χ1) is 19.5. The quantitative estimate of drug-likeness (QED) is 0.346. The van der Waals surface area contributed by atoms with Gasteiger partial charge < -0.3 is 24.6 Å². The van der Waals surface area contributed by atoms with Gasteiger partial charge in [0.25, 0.3) is 5.91 Å². The topological polar surface area (TPSA) is 116 Å². The van der Waals surface area contributed by atoms with Gasteiger partial charge in [0, 0.05) is 49.5 Å². The molecule has 1 aliphatic heterocycles. The Morgan fingerprint density at radius 1 is 0.951 bits per heavy atom. The van der Waals surface area contributed by atoms with E-state index >= 15 is 0 Å². The summed E-state index contributed by atoms with van der Waals surface area (Å²) in [7, 11) is 0. The molecule has 0 radical (unpaired) electrons. The minimum atomic E-state index is -4.91. The maximum absolute atomic E-state index is 13.6. The highest BCUT2D eigenvalue weighted by molar-refractivity contribution is 6.04. The molecular formula is C29H31F3N4O5. The first kappa shape index (κ1) is 29.6. The van der Waals surface area contributed by atoms with Crippen molar-refractivity contribution >= 4 is 29.2 Å². The van der Waals surface area contributed by atoms with Crippen molar-refractivity contribution in [1.82, 2.24) is 9.88 Å². The number of amides is 2. The lowest BCUT2D eigenvalue weighted by Gasteiger charge is -2.37. The number of nitrogens with one attached hydrogen (secondary N) is 1. The zero-order valence-electron chi connectivity index (χ0n) is 22.7. The standard InChI is InChI=1S/C29H31F3N4O5/c1-3-28(4-2,27(39)40)18-22(37)36-16-14-35(15-17-36)21-12-10-20(11-13-21)33-25(38)23-24(29(30,31)32)41-26(34-23)19-8-6-5-7-9-19/h5-13H,3-4,14-18H2,1-2H3,(H,33,38)(H,39,40). The summed E-state index contributed by atoms with van der Waals surface area (Å²) in [6, 6.07) is 14.6. The number of benzene rings is 2. The van der Waals surface area contributed by atoms with E-state index in [0.717, 1.165) is 5.69 Å². The summed E-state index contributed by atoms with van der Waals surface area (Å²) in [5.41, 5.74) is -0.542. The van der Waals surface area contributed by atoms with Crippen molar-refractivity contribution in [2.75, 3.05) is 36.4 Å². The van der Waals surface area contributed by atoms with E-state index in [1.807, 2.05) is 4.90 Å². The largest absolute Gasteiger partial charge is 0.481 e. The number of carboxylic acids is 1.